The summed E-state index contributed by atoms with van der Waals surface area (Å²) >= 11 is 0. The van der Waals surface area contributed by atoms with Crippen LogP contribution in [0.15, 0.2) is 35.3 Å². The Morgan fingerprint density at radius 3 is 2.64 bits per heavy atom. The lowest BCUT2D eigenvalue weighted by molar-refractivity contribution is 0.145. The Labute approximate surface area is 167 Å². The first kappa shape index (κ1) is 21.8. The number of aliphatic hydroxyl groups excluding tert-OH is 1. The number of guanidine groups is 1. The Balaban J connectivity index is 1.87. The summed E-state index contributed by atoms with van der Waals surface area (Å²) in [4.78, 5) is 4.60. The van der Waals surface area contributed by atoms with Gasteiger partial charge in [0.2, 0.25) is 0 Å². The lowest BCUT2D eigenvalue weighted by Gasteiger charge is -2.15. The molecule has 0 aliphatic carbocycles. The van der Waals surface area contributed by atoms with Crippen LogP contribution >= 0.6 is 0 Å². The standard InChI is InChI=1S/C20H32N6O2/c1-4-28-14-8-12-21-20(23-15-19-25-24-16(2)26(19)3)22-13-11-18(27)17-9-6-5-7-10-17/h5-7,9-10,18,27H,4,8,11-15H2,1-3H3,(H2,21,22,23). The van der Waals surface area contributed by atoms with Gasteiger partial charge in [-0.3, -0.25) is 0 Å². The van der Waals surface area contributed by atoms with Crippen molar-refractivity contribution in [2.24, 2.45) is 12.0 Å². The number of ether oxygens (including phenoxy) is 1. The van der Waals surface area contributed by atoms with Gasteiger partial charge in [-0.15, -0.1) is 10.2 Å². The monoisotopic (exact) mass is 388 g/mol. The van der Waals surface area contributed by atoms with E-state index in [4.69, 9.17) is 4.74 Å². The van der Waals surface area contributed by atoms with Crippen molar-refractivity contribution in [3.05, 3.63) is 47.5 Å². The largest absolute Gasteiger partial charge is 0.388 e. The summed E-state index contributed by atoms with van der Waals surface area (Å²) in [5, 5.41) is 25.1. The molecule has 0 fully saturated rings. The van der Waals surface area contributed by atoms with Gasteiger partial charge in [-0.05, 0) is 32.3 Å². The molecule has 154 valence electrons. The highest BCUT2D eigenvalue weighted by molar-refractivity contribution is 5.79. The van der Waals surface area contributed by atoms with Crippen molar-refractivity contribution in [2.45, 2.75) is 39.3 Å². The van der Waals surface area contributed by atoms with E-state index in [1.54, 1.807) is 0 Å². The minimum absolute atomic E-state index is 0.430. The molecule has 0 spiro atoms. The predicted octanol–water partition coefficient (Wildman–Crippen LogP) is 1.71. The summed E-state index contributed by atoms with van der Waals surface area (Å²) in [6, 6.07) is 9.67. The Hall–Kier alpha value is -2.45. The number of aromatic nitrogens is 3. The van der Waals surface area contributed by atoms with Gasteiger partial charge in [0.15, 0.2) is 11.8 Å². The minimum atomic E-state index is -0.505. The first-order valence-corrected chi connectivity index (χ1v) is 9.79. The minimum Gasteiger partial charge on any atom is -0.388 e. The van der Waals surface area contributed by atoms with Gasteiger partial charge in [0.05, 0.1) is 6.10 Å². The van der Waals surface area contributed by atoms with E-state index in [1.807, 2.05) is 55.8 Å². The van der Waals surface area contributed by atoms with Crippen LogP contribution in [0.2, 0.25) is 0 Å². The molecule has 0 amide bonds. The van der Waals surface area contributed by atoms with Crippen molar-refractivity contribution in [2.75, 3.05) is 26.3 Å². The molecule has 0 bridgehead atoms. The fourth-order valence-electron chi connectivity index (χ4n) is 2.61. The van der Waals surface area contributed by atoms with Crippen LogP contribution in [0.3, 0.4) is 0 Å². The number of aryl methyl sites for hydroxylation is 1. The van der Waals surface area contributed by atoms with Gasteiger partial charge in [-0.25, -0.2) is 4.99 Å². The highest BCUT2D eigenvalue weighted by Crippen LogP contribution is 2.14. The molecule has 2 aromatic rings. The molecule has 2 rings (SSSR count). The summed E-state index contributed by atoms with van der Waals surface area (Å²) in [5.74, 6) is 2.35. The van der Waals surface area contributed by atoms with Crippen LogP contribution in [0.4, 0.5) is 0 Å². The second kappa shape index (κ2) is 12.1. The number of benzene rings is 1. The van der Waals surface area contributed by atoms with E-state index in [9.17, 15) is 5.11 Å². The molecule has 0 aliphatic heterocycles. The van der Waals surface area contributed by atoms with E-state index in [1.165, 1.54) is 0 Å². The average molecular weight is 389 g/mol. The number of nitrogens with one attached hydrogen (secondary N) is 2. The summed E-state index contributed by atoms with van der Waals surface area (Å²) in [7, 11) is 1.93. The third-order valence-corrected chi connectivity index (χ3v) is 4.42. The zero-order valence-corrected chi connectivity index (χ0v) is 17.1. The van der Waals surface area contributed by atoms with E-state index in [0.29, 0.717) is 32.1 Å². The van der Waals surface area contributed by atoms with Gasteiger partial charge in [-0.2, -0.15) is 0 Å². The van der Waals surface area contributed by atoms with Crippen molar-refractivity contribution in [1.29, 1.82) is 0 Å². The molecule has 0 aliphatic rings. The molecule has 8 nitrogen and oxygen atoms in total. The lowest BCUT2D eigenvalue weighted by atomic mass is 10.1. The third kappa shape index (κ3) is 7.28. The number of hydrogen-bond donors (Lipinski definition) is 3. The normalized spacial score (nSPS) is 12.8. The van der Waals surface area contributed by atoms with E-state index in [-0.39, 0.29) is 0 Å². The molecule has 1 aromatic carbocycles. The molecular formula is C20H32N6O2. The fourth-order valence-corrected chi connectivity index (χ4v) is 2.61. The van der Waals surface area contributed by atoms with Gasteiger partial charge in [0, 0.05) is 33.4 Å². The molecule has 0 saturated carbocycles. The van der Waals surface area contributed by atoms with Crippen LogP contribution in [0.5, 0.6) is 0 Å². The van der Waals surface area contributed by atoms with E-state index < -0.39 is 6.10 Å². The first-order valence-electron chi connectivity index (χ1n) is 9.79. The topological polar surface area (TPSA) is 96.6 Å². The van der Waals surface area contributed by atoms with Crippen LogP contribution in [0.1, 0.15) is 43.1 Å². The SMILES string of the molecule is CCOCCCNC(=NCc1nnc(C)n1C)NCCC(O)c1ccccc1. The number of hydrogen-bond acceptors (Lipinski definition) is 5. The van der Waals surface area contributed by atoms with Gasteiger partial charge >= 0.3 is 0 Å². The molecule has 28 heavy (non-hydrogen) atoms. The molecule has 3 N–H and O–H groups in total. The van der Waals surface area contributed by atoms with Gasteiger partial charge in [-0.1, -0.05) is 30.3 Å². The lowest BCUT2D eigenvalue weighted by Crippen LogP contribution is -2.39. The summed E-state index contributed by atoms with van der Waals surface area (Å²) < 4.78 is 7.30. The van der Waals surface area contributed by atoms with Crippen LogP contribution in [-0.2, 0) is 18.3 Å². The van der Waals surface area contributed by atoms with E-state index in [2.05, 4.69) is 25.8 Å². The Kier molecular flexibility index (Phi) is 9.44. The summed E-state index contributed by atoms with van der Waals surface area (Å²) in [5.41, 5.74) is 0.919. The van der Waals surface area contributed by atoms with Crippen LogP contribution in [0.25, 0.3) is 0 Å². The number of nitrogens with zero attached hydrogens (tertiary/aromatic N) is 4. The predicted molar refractivity (Wildman–Crippen MR) is 110 cm³/mol. The molecule has 1 unspecified atom stereocenters. The number of rotatable bonds is 11. The van der Waals surface area contributed by atoms with Crippen molar-refractivity contribution in [3.63, 3.8) is 0 Å². The smallest absolute Gasteiger partial charge is 0.191 e. The maximum atomic E-state index is 10.3. The average Bonchev–Trinajstić information content (AvgIpc) is 3.04. The van der Waals surface area contributed by atoms with Crippen LogP contribution in [0, 0.1) is 6.92 Å². The molecule has 0 saturated heterocycles. The van der Waals surface area contributed by atoms with Crippen molar-refractivity contribution >= 4 is 5.96 Å². The highest BCUT2D eigenvalue weighted by Gasteiger charge is 2.08. The van der Waals surface area contributed by atoms with Gasteiger partial charge in [0.25, 0.3) is 0 Å². The molecule has 1 aromatic heterocycles. The maximum Gasteiger partial charge on any atom is 0.191 e. The zero-order chi connectivity index (χ0) is 20.2. The summed E-state index contributed by atoms with van der Waals surface area (Å²) in [6.45, 7) is 7.13. The molecule has 0 radical (unpaired) electrons. The van der Waals surface area contributed by atoms with Crippen LogP contribution < -0.4 is 10.6 Å². The number of aliphatic hydroxyl groups is 1. The maximum absolute atomic E-state index is 10.3. The van der Waals surface area contributed by atoms with Crippen LogP contribution in [-0.4, -0.2) is 52.1 Å². The second-order valence-corrected chi connectivity index (χ2v) is 6.51. The Morgan fingerprint density at radius 2 is 1.96 bits per heavy atom. The van der Waals surface area contributed by atoms with Gasteiger partial charge < -0.3 is 25.0 Å². The Bertz CT molecular complexity index is 717. The zero-order valence-electron chi connectivity index (χ0n) is 17.1. The van der Waals surface area contributed by atoms with E-state index >= 15 is 0 Å². The third-order valence-electron chi connectivity index (χ3n) is 4.42. The molecular weight excluding hydrogens is 356 g/mol. The Morgan fingerprint density at radius 1 is 1.21 bits per heavy atom. The van der Waals surface area contributed by atoms with Crippen molar-refractivity contribution in [3.8, 4) is 0 Å². The van der Waals surface area contributed by atoms with Crippen molar-refractivity contribution < 1.29 is 9.84 Å². The summed E-state index contributed by atoms with van der Waals surface area (Å²) in [6.07, 6.45) is 0.978. The molecule has 1 heterocycles. The highest BCUT2D eigenvalue weighted by atomic mass is 16.5. The molecule has 1 atom stereocenters. The molecule has 8 heteroatoms. The van der Waals surface area contributed by atoms with Gasteiger partial charge in [0.1, 0.15) is 12.4 Å². The second-order valence-electron chi connectivity index (χ2n) is 6.51. The first-order chi connectivity index (χ1) is 13.6. The quantitative estimate of drug-likeness (QED) is 0.308. The number of aliphatic imine (C=N–C) groups is 1. The van der Waals surface area contributed by atoms with Crippen molar-refractivity contribution in [1.82, 2.24) is 25.4 Å². The van der Waals surface area contributed by atoms with E-state index in [0.717, 1.165) is 36.8 Å². The fraction of sp³-hybridized carbons (Fsp3) is 0.550.